The number of ether oxygens (including phenoxy) is 1. The average molecular weight is 296 g/mol. The second-order valence-electron chi connectivity index (χ2n) is 8.12. The molecule has 2 heterocycles. The van der Waals surface area contributed by atoms with Crippen molar-refractivity contribution in [2.45, 2.75) is 71.4 Å². The lowest BCUT2D eigenvalue weighted by molar-refractivity contribution is -0.128. The second kappa shape index (κ2) is 6.97. The number of nitrogens with zero attached hydrogens (tertiary/aromatic N) is 2. The first-order chi connectivity index (χ1) is 9.87. The third-order valence-corrected chi connectivity index (χ3v) is 5.54. The second-order valence-corrected chi connectivity index (χ2v) is 8.12. The summed E-state index contributed by atoms with van der Waals surface area (Å²) in [4.78, 5) is 5.44. The molecule has 0 aromatic carbocycles. The van der Waals surface area contributed by atoms with Gasteiger partial charge in [-0.2, -0.15) is 0 Å². The van der Waals surface area contributed by atoms with Crippen LogP contribution in [0.25, 0.3) is 0 Å². The van der Waals surface area contributed by atoms with E-state index >= 15 is 0 Å². The van der Waals surface area contributed by atoms with E-state index in [9.17, 15) is 0 Å². The lowest BCUT2D eigenvalue weighted by Gasteiger charge is -2.53. The topological polar surface area (TPSA) is 15.7 Å². The summed E-state index contributed by atoms with van der Waals surface area (Å²) in [6.07, 6.45) is 4.98. The van der Waals surface area contributed by atoms with Gasteiger partial charge in [0, 0.05) is 38.3 Å². The molecule has 1 atom stereocenters. The molecule has 0 N–H and O–H groups in total. The first-order valence-electron chi connectivity index (χ1n) is 8.98. The molecule has 1 unspecified atom stereocenters. The summed E-state index contributed by atoms with van der Waals surface area (Å²) in [5.41, 5.74) is 0.426. The van der Waals surface area contributed by atoms with Crippen molar-refractivity contribution in [2.75, 3.05) is 39.3 Å². The summed E-state index contributed by atoms with van der Waals surface area (Å²) in [5, 5.41) is 0. The van der Waals surface area contributed by atoms with Crippen LogP contribution in [0.4, 0.5) is 0 Å². The molecule has 0 spiro atoms. The van der Waals surface area contributed by atoms with Gasteiger partial charge in [-0.05, 0) is 52.0 Å². The molecule has 2 saturated heterocycles. The Bertz CT molecular complexity index is 321. The number of piperazine rings is 1. The first kappa shape index (κ1) is 17.2. The van der Waals surface area contributed by atoms with Crippen LogP contribution in [0.2, 0.25) is 0 Å². The van der Waals surface area contributed by atoms with E-state index in [1.54, 1.807) is 0 Å². The summed E-state index contributed by atoms with van der Waals surface area (Å²) >= 11 is 0. The Morgan fingerprint density at radius 2 is 1.76 bits per heavy atom. The van der Waals surface area contributed by atoms with E-state index < -0.39 is 0 Å². The highest BCUT2D eigenvalue weighted by Crippen LogP contribution is 2.39. The lowest BCUT2D eigenvalue weighted by atomic mass is 9.77. The monoisotopic (exact) mass is 296 g/mol. The van der Waals surface area contributed by atoms with Crippen LogP contribution in [-0.2, 0) is 4.74 Å². The zero-order chi connectivity index (χ0) is 15.5. The van der Waals surface area contributed by atoms with E-state index in [0.717, 1.165) is 12.5 Å². The molecule has 0 aliphatic carbocycles. The smallest absolute Gasteiger partial charge is 0.0644 e. The molecule has 2 rings (SSSR count). The molecule has 3 nitrogen and oxygen atoms in total. The van der Waals surface area contributed by atoms with Gasteiger partial charge in [-0.1, -0.05) is 20.8 Å². The van der Waals surface area contributed by atoms with E-state index in [2.05, 4.69) is 44.4 Å². The Labute approximate surface area is 132 Å². The average Bonchev–Trinajstić information content (AvgIpc) is 2.44. The van der Waals surface area contributed by atoms with Crippen molar-refractivity contribution in [2.24, 2.45) is 5.92 Å². The summed E-state index contributed by atoms with van der Waals surface area (Å²) < 4.78 is 5.96. The van der Waals surface area contributed by atoms with Crippen LogP contribution in [0.15, 0.2) is 0 Å². The summed E-state index contributed by atoms with van der Waals surface area (Å²) in [6.45, 7) is 18.7. The van der Waals surface area contributed by atoms with E-state index in [0.29, 0.717) is 5.54 Å². The van der Waals surface area contributed by atoms with Crippen molar-refractivity contribution in [1.82, 2.24) is 9.80 Å². The zero-order valence-electron chi connectivity index (χ0n) is 15.0. The van der Waals surface area contributed by atoms with Gasteiger partial charge in [0.15, 0.2) is 0 Å². The van der Waals surface area contributed by atoms with Crippen molar-refractivity contribution >= 4 is 0 Å². The van der Waals surface area contributed by atoms with Gasteiger partial charge in [0.25, 0.3) is 0 Å². The Morgan fingerprint density at radius 3 is 2.29 bits per heavy atom. The number of hydrogen-bond acceptors (Lipinski definition) is 3. The molecule has 3 heteroatoms. The van der Waals surface area contributed by atoms with Crippen LogP contribution in [0.3, 0.4) is 0 Å². The van der Waals surface area contributed by atoms with Crippen molar-refractivity contribution in [1.29, 1.82) is 0 Å². The maximum Gasteiger partial charge on any atom is 0.0644 e. The Balaban J connectivity index is 1.90. The Hall–Kier alpha value is -0.120. The molecule has 2 aliphatic heterocycles. The maximum absolute atomic E-state index is 5.96. The predicted octanol–water partition coefficient (Wildman–Crippen LogP) is 3.39. The van der Waals surface area contributed by atoms with E-state index in [1.165, 1.54) is 58.4 Å². The van der Waals surface area contributed by atoms with Gasteiger partial charge >= 0.3 is 0 Å². The van der Waals surface area contributed by atoms with Crippen LogP contribution >= 0.6 is 0 Å². The molecule has 2 aliphatic rings. The molecular formula is C18H36N2O. The normalized spacial score (nSPS) is 31.7. The van der Waals surface area contributed by atoms with Crippen LogP contribution in [0, 0.1) is 5.92 Å². The van der Waals surface area contributed by atoms with Gasteiger partial charge in [-0.3, -0.25) is 4.90 Å². The van der Waals surface area contributed by atoms with Gasteiger partial charge in [-0.25, -0.2) is 0 Å². The SMILES string of the molecule is CCC1(N2CCN(CCC(C)C)CC2)CCOC(C)(C)C1. The van der Waals surface area contributed by atoms with E-state index in [4.69, 9.17) is 4.74 Å². The van der Waals surface area contributed by atoms with E-state index in [-0.39, 0.29) is 5.60 Å². The number of hydrogen-bond donors (Lipinski definition) is 0. The molecule has 0 radical (unpaired) electrons. The molecule has 0 aromatic rings. The molecule has 21 heavy (non-hydrogen) atoms. The van der Waals surface area contributed by atoms with Crippen LogP contribution in [0.1, 0.15) is 60.3 Å². The van der Waals surface area contributed by atoms with E-state index in [1.807, 2.05) is 0 Å². The molecule has 2 fully saturated rings. The largest absolute Gasteiger partial charge is 0.375 e. The number of rotatable bonds is 5. The highest BCUT2D eigenvalue weighted by molar-refractivity contribution is 4.99. The van der Waals surface area contributed by atoms with Crippen molar-refractivity contribution in [3.63, 3.8) is 0 Å². The third-order valence-electron chi connectivity index (χ3n) is 5.54. The van der Waals surface area contributed by atoms with Gasteiger partial charge in [0.2, 0.25) is 0 Å². The molecule has 0 bridgehead atoms. The minimum absolute atomic E-state index is 0.0447. The molecule has 0 saturated carbocycles. The molecular weight excluding hydrogens is 260 g/mol. The van der Waals surface area contributed by atoms with Gasteiger partial charge < -0.3 is 9.64 Å². The summed E-state index contributed by atoms with van der Waals surface area (Å²) in [7, 11) is 0. The maximum atomic E-state index is 5.96. The van der Waals surface area contributed by atoms with Crippen molar-refractivity contribution in [3.8, 4) is 0 Å². The van der Waals surface area contributed by atoms with Crippen molar-refractivity contribution in [3.05, 3.63) is 0 Å². The minimum Gasteiger partial charge on any atom is -0.375 e. The molecule has 0 amide bonds. The lowest BCUT2D eigenvalue weighted by Crippen LogP contribution is -2.61. The fourth-order valence-corrected chi connectivity index (χ4v) is 4.13. The fraction of sp³-hybridized carbons (Fsp3) is 1.00. The van der Waals surface area contributed by atoms with Crippen LogP contribution < -0.4 is 0 Å². The first-order valence-corrected chi connectivity index (χ1v) is 8.98. The van der Waals surface area contributed by atoms with Crippen LogP contribution in [-0.4, -0.2) is 60.3 Å². The zero-order valence-corrected chi connectivity index (χ0v) is 15.0. The summed E-state index contributed by atoms with van der Waals surface area (Å²) in [6, 6.07) is 0. The molecule has 0 aromatic heterocycles. The standard InChI is InChI=1S/C18H36N2O/c1-6-18(8-14-21-17(4,5)15-18)20-12-10-19(11-13-20)9-7-16(2)3/h16H,6-15H2,1-5H3. The summed E-state index contributed by atoms with van der Waals surface area (Å²) in [5.74, 6) is 0.821. The Kier molecular flexibility index (Phi) is 5.72. The van der Waals surface area contributed by atoms with Gasteiger partial charge in [-0.15, -0.1) is 0 Å². The highest BCUT2D eigenvalue weighted by atomic mass is 16.5. The predicted molar refractivity (Wildman–Crippen MR) is 89.8 cm³/mol. The quantitative estimate of drug-likeness (QED) is 0.773. The van der Waals surface area contributed by atoms with Crippen LogP contribution in [0.5, 0.6) is 0 Å². The van der Waals surface area contributed by atoms with Gasteiger partial charge in [0.1, 0.15) is 0 Å². The Morgan fingerprint density at radius 1 is 1.10 bits per heavy atom. The molecule has 124 valence electrons. The minimum atomic E-state index is 0.0447. The van der Waals surface area contributed by atoms with Crippen molar-refractivity contribution < 1.29 is 4.74 Å². The fourth-order valence-electron chi connectivity index (χ4n) is 4.13. The van der Waals surface area contributed by atoms with Gasteiger partial charge in [0.05, 0.1) is 5.60 Å². The highest BCUT2D eigenvalue weighted by Gasteiger charge is 2.44. The third kappa shape index (κ3) is 4.43.